The number of methoxy groups -OCH3 is 1. The van der Waals surface area contributed by atoms with Gasteiger partial charge in [0.15, 0.2) is 0 Å². The molecule has 1 aromatic heterocycles. The number of terminal acetylenes is 1. The molecule has 4 heteroatoms. The third kappa shape index (κ3) is 3.64. The fraction of sp³-hybridized carbons (Fsp3) is 0.500. The zero-order valence-corrected chi connectivity index (χ0v) is 11.1. The van der Waals surface area contributed by atoms with Crippen LogP contribution in [0.15, 0.2) is 10.5 Å². The Labute approximate surface area is 108 Å². The van der Waals surface area contributed by atoms with Crippen molar-refractivity contribution in [3.05, 3.63) is 23.2 Å². The molecular formula is C14H19NO3. The molecule has 0 saturated carbocycles. The molecule has 0 bridgehead atoms. The predicted molar refractivity (Wildman–Crippen MR) is 69.2 cm³/mol. The minimum atomic E-state index is -0.377. The smallest absolute Gasteiger partial charge is 0.341 e. The summed E-state index contributed by atoms with van der Waals surface area (Å²) < 4.78 is 10.2. The second-order valence-corrected chi connectivity index (χ2v) is 4.07. The molecule has 0 spiro atoms. The topological polar surface area (TPSA) is 51.5 Å². The van der Waals surface area contributed by atoms with Gasteiger partial charge in [0, 0.05) is 12.5 Å². The Morgan fingerprint density at radius 3 is 2.94 bits per heavy atom. The first kappa shape index (κ1) is 14.3. The zero-order valence-electron chi connectivity index (χ0n) is 11.1. The van der Waals surface area contributed by atoms with Crippen molar-refractivity contribution in [2.75, 3.05) is 7.11 Å². The highest BCUT2D eigenvalue weighted by atomic mass is 16.5. The molecule has 1 aromatic rings. The largest absolute Gasteiger partial charge is 0.465 e. The second kappa shape index (κ2) is 6.87. The monoisotopic (exact) mass is 249 g/mol. The van der Waals surface area contributed by atoms with E-state index in [4.69, 9.17) is 10.8 Å². The maximum Gasteiger partial charge on any atom is 0.341 e. The molecule has 1 N–H and O–H groups in total. The highest BCUT2D eigenvalue weighted by Crippen LogP contribution is 2.15. The lowest BCUT2D eigenvalue weighted by molar-refractivity contribution is 0.0599. The van der Waals surface area contributed by atoms with Crippen LogP contribution in [0.2, 0.25) is 0 Å². The van der Waals surface area contributed by atoms with Crippen molar-refractivity contribution in [1.82, 2.24) is 5.32 Å². The van der Waals surface area contributed by atoms with E-state index in [1.54, 1.807) is 13.0 Å². The van der Waals surface area contributed by atoms with E-state index in [9.17, 15) is 4.79 Å². The number of nitrogens with one attached hydrogen (secondary N) is 1. The van der Waals surface area contributed by atoms with Gasteiger partial charge >= 0.3 is 5.97 Å². The van der Waals surface area contributed by atoms with E-state index in [0.29, 0.717) is 30.0 Å². The van der Waals surface area contributed by atoms with Gasteiger partial charge in [-0.3, -0.25) is 0 Å². The molecule has 0 aliphatic carbocycles. The van der Waals surface area contributed by atoms with Gasteiger partial charge in [-0.15, -0.1) is 12.3 Å². The molecule has 4 nitrogen and oxygen atoms in total. The lowest BCUT2D eigenvalue weighted by atomic mass is 10.1. The first-order valence-electron chi connectivity index (χ1n) is 5.96. The molecule has 1 unspecified atom stereocenters. The average molecular weight is 249 g/mol. The third-order valence-corrected chi connectivity index (χ3v) is 2.80. The number of carbonyl (C=O) groups excluding carboxylic acids is 1. The summed E-state index contributed by atoms with van der Waals surface area (Å²) in [6, 6.07) is 1.97. The number of hydrogen-bond donors (Lipinski definition) is 1. The van der Waals surface area contributed by atoms with Crippen LogP contribution < -0.4 is 5.32 Å². The summed E-state index contributed by atoms with van der Waals surface area (Å²) in [6.07, 6.45) is 6.92. The number of ether oxygens (including phenoxy) is 1. The van der Waals surface area contributed by atoms with Gasteiger partial charge in [-0.05, 0) is 19.4 Å². The highest BCUT2D eigenvalue weighted by Gasteiger charge is 2.15. The third-order valence-electron chi connectivity index (χ3n) is 2.80. The molecule has 0 fully saturated rings. The van der Waals surface area contributed by atoms with E-state index in [1.807, 2.05) is 0 Å². The fourth-order valence-corrected chi connectivity index (χ4v) is 1.69. The lowest BCUT2D eigenvalue weighted by Gasteiger charge is -2.12. The molecule has 18 heavy (non-hydrogen) atoms. The quantitative estimate of drug-likeness (QED) is 0.620. The Morgan fingerprint density at radius 1 is 1.67 bits per heavy atom. The molecule has 98 valence electrons. The summed E-state index contributed by atoms with van der Waals surface area (Å²) in [5, 5.41) is 3.30. The van der Waals surface area contributed by atoms with Crippen LogP contribution in [-0.4, -0.2) is 19.1 Å². The van der Waals surface area contributed by atoms with Crippen LogP contribution in [0.3, 0.4) is 0 Å². The van der Waals surface area contributed by atoms with E-state index < -0.39 is 0 Å². The normalized spacial score (nSPS) is 11.9. The number of esters is 1. The maximum atomic E-state index is 11.4. The average Bonchev–Trinajstić information content (AvgIpc) is 2.74. The minimum Gasteiger partial charge on any atom is -0.465 e. The van der Waals surface area contributed by atoms with Crippen molar-refractivity contribution in [2.45, 2.75) is 39.3 Å². The summed E-state index contributed by atoms with van der Waals surface area (Å²) in [4.78, 5) is 11.4. The molecule has 1 atom stereocenters. The molecule has 1 heterocycles. The van der Waals surface area contributed by atoms with Crippen LogP contribution in [0.5, 0.6) is 0 Å². The predicted octanol–water partition coefficient (Wildman–Crippen LogP) is 2.27. The van der Waals surface area contributed by atoms with E-state index in [2.05, 4.69) is 22.9 Å². The van der Waals surface area contributed by atoms with Crippen LogP contribution in [0, 0.1) is 19.3 Å². The SMILES string of the molecule is C#CCC(CC)NCc1cc(C(=O)OC)c(C)o1. The molecule has 0 aliphatic rings. The molecule has 1 rings (SSSR count). The first-order chi connectivity index (χ1) is 8.62. The van der Waals surface area contributed by atoms with E-state index >= 15 is 0 Å². The Kier molecular flexibility index (Phi) is 5.47. The molecule has 0 amide bonds. The number of furan rings is 1. The summed E-state index contributed by atoms with van der Waals surface area (Å²) in [5.41, 5.74) is 0.472. The molecule has 0 radical (unpaired) electrons. The maximum absolute atomic E-state index is 11.4. The molecular weight excluding hydrogens is 230 g/mol. The van der Waals surface area contributed by atoms with Crippen molar-refractivity contribution in [2.24, 2.45) is 0 Å². The number of aryl methyl sites for hydroxylation is 1. The summed E-state index contributed by atoms with van der Waals surface area (Å²) in [6.45, 7) is 4.37. The summed E-state index contributed by atoms with van der Waals surface area (Å²) in [7, 11) is 1.35. The Hall–Kier alpha value is -1.73. The summed E-state index contributed by atoms with van der Waals surface area (Å²) >= 11 is 0. The number of rotatable bonds is 6. The van der Waals surface area contributed by atoms with Crippen LogP contribution in [-0.2, 0) is 11.3 Å². The van der Waals surface area contributed by atoms with Gasteiger partial charge in [-0.1, -0.05) is 6.92 Å². The van der Waals surface area contributed by atoms with Crippen LogP contribution >= 0.6 is 0 Å². The van der Waals surface area contributed by atoms with Crippen molar-refractivity contribution < 1.29 is 13.9 Å². The van der Waals surface area contributed by atoms with E-state index in [1.165, 1.54) is 7.11 Å². The minimum absolute atomic E-state index is 0.266. The lowest BCUT2D eigenvalue weighted by Crippen LogP contribution is -2.27. The molecule has 0 aromatic carbocycles. The number of carbonyl (C=O) groups is 1. The van der Waals surface area contributed by atoms with Crippen LogP contribution in [0.4, 0.5) is 0 Å². The van der Waals surface area contributed by atoms with Gasteiger partial charge < -0.3 is 14.5 Å². The van der Waals surface area contributed by atoms with Crippen LogP contribution in [0.25, 0.3) is 0 Å². The van der Waals surface area contributed by atoms with Gasteiger partial charge in [0.2, 0.25) is 0 Å². The first-order valence-corrected chi connectivity index (χ1v) is 5.96. The van der Waals surface area contributed by atoms with Gasteiger partial charge in [-0.2, -0.15) is 0 Å². The fourth-order valence-electron chi connectivity index (χ4n) is 1.69. The van der Waals surface area contributed by atoms with Crippen LogP contribution in [0.1, 0.15) is 41.6 Å². The van der Waals surface area contributed by atoms with Gasteiger partial charge in [0.25, 0.3) is 0 Å². The Balaban J connectivity index is 2.64. The summed E-state index contributed by atoms with van der Waals surface area (Å²) in [5.74, 6) is 3.54. The van der Waals surface area contributed by atoms with Crippen molar-refractivity contribution in [3.63, 3.8) is 0 Å². The Bertz CT molecular complexity index is 442. The number of hydrogen-bond acceptors (Lipinski definition) is 4. The van der Waals surface area contributed by atoms with Crippen molar-refractivity contribution >= 4 is 5.97 Å². The second-order valence-electron chi connectivity index (χ2n) is 4.07. The van der Waals surface area contributed by atoms with Gasteiger partial charge in [0.1, 0.15) is 17.1 Å². The highest BCUT2D eigenvalue weighted by molar-refractivity contribution is 5.90. The zero-order chi connectivity index (χ0) is 13.5. The Morgan fingerprint density at radius 2 is 2.39 bits per heavy atom. The molecule has 0 aliphatic heterocycles. The van der Waals surface area contributed by atoms with Crippen molar-refractivity contribution in [3.8, 4) is 12.3 Å². The van der Waals surface area contributed by atoms with Gasteiger partial charge in [-0.25, -0.2) is 4.79 Å². The van der Waals surface area contributed by atoms with E-state index in [-0.39, 0.29) is 12.0 Å². The molecule has 0 saturated heterocycles. The van der Waals surface area contributed by atoms with E-state index in [0.717, 1.165) is 6.42 Å². The standard InChI is InChI=1S/C14H19NO3/c1-5-7-11(6-2)15-9-12-8-13(10(3)18-12)14(16)17-4/h1,8,11,15H,6-7,9H2,2-4H3. The van der Waals surface area contributed by atoms with Crippen molar-refractivity contribution in [1.29, 1.82) is 0 Å². The van der Waals surface area contributed by atoms with Gasteiger partial charge in [0.05, 0.1) is 13.7 Å².